The molecule has 0 bridgehead atoms. The normalized spacial score (nSPS) is 12.6. The number of rotatable bonds is 4. The number of benzene rings is 6. The van der Waals surface area contributed by atoms with Gasteiger partial charge in [-0.15, -0.1) is 0 Å². The molecule has 2 amide bonds. The van der Waals surface area contributed by atoms with Crippen molar-refractivity contribution < 1.29 is 9.59 Å². The quantitative estimate of drug-likeness (QED) is 0.200. The van der Waals surface area contributed by atoms with Crippen LogP contribution in [-0.2, 0) is 0 Å². The molecule has 1 aliphatic rings. The molecule has 2 heterocycles. The highest BCUT2D eigenvalue weighted by molar-refractivity contribution is 6.35. The van der Waals surface area contributed by atoms with Crippen LogP contribution in [0.25, 0.3) is 49.7 Å². The van der Waals surface area contributed by atoms with E-state index in [9.17, 15) is 14.9 Å². The van der Waals surface area contributed by atoms with Gasteiger partial charge in [-0.25, -0.2) is 4.90 Å². The smallest absolute Gasteiger partial charge is 0.268 e. The Morgan fingerprint density at radius 2 is 1.18 bits per heavy atom. The first-order valence-electron chi connectivity index (χ1n) is 14.3. The summed E-state index contributed by atoms with van der Waals surface area (Å²) in [7, 11) is 0. The molecule has 0 radical (unpaired) electrons. The van der Waals surface area contributed by atoms with Crippen LogP contribution in [0.15, 0.2) is 140 Å². The molecule has 1 aliphatic heterocycles. The first-order chi connectivity index (χ1) is 21.6. The zero-order valence-electron chi connectivity index (χ0n) is 23.4. The number of fused-ring (bicyclic) bond motifs is 4. The van der Waals surface area contributed by atoms with E-state index in [4.69, 9.17) is 0 Å². The lowest BCUT2D eigenvalue weighted by molar-refractivity contribution is 0.0926. The third-order valence-corrected chi connectivity index (χ3v) is 8.37. The van der Waals surface area contributed by atoms with Crippen LogP contribution in [0.1, 0.15) is 26.3 Å². The van der Waals surface area contributed by atoms with Crippen molar-refractivity contribution in [2.24, 2.45) is 0 Å². The topological polar surface area (TPSA) is 66.1 Å². The van der Waals surface area contributed by atoms with Gasteiger partial charge in [-0.3, -0.25) is 9.59 Å². The van der Waals surface area contributed by atoms with Gasteiger partial charge in [-0.05, 0) is 70.8 Å². The SMILES string of the molecule is N#Cc1cccc(-c2ccc3c4ccccc4n(-c4cccc5c4C(=O)N(c4ccc(-c6ccccc6)cc4)C5=O)c3c2)c1. The van der Waals surface area contributed by atoms with Crippen LogP contribution < -0.4 is 4.90 Å². The van der Waals surface area contributed by atoms with E-state index in [-0.39, 0.29) is 11.8 Å². The first-order valence-corrected chi connectivity index (χ1v) is 14.3. The van der Waals surface area contributed by atoms with E-state index in [0.29, 0.717) is 28.1 Å². The van der Waals surface area contributed by atoms with Gasteiger partial charge in [0, 0.05) is 10.8 Å². The molecule has 0 saturated carbocycles. The largest absolute Gasteiger partial charge is 0.308 e. The van der Waals surface area contributed by atoms with Crippen molar-refractivity contribution in [1.29, 1.82) is 5.26 Å². The third-order valence-electron chi connectivity index (χ3n) is 8.37. The Kier molecular flexibility index (Phi) is 5.75. The van der Waals surface area contributed by atoms with E-state index < -0.39 is 0 Å². The highest BCUT2D eigenvalue weighted by Crippen LogP contribution is 2.39. The van der Waals surface area contributed by atoms with Gasteiger partial charge in [-0.1, -0.05) is 91.0 Å². The molecule has 0 saturated heterocycles. The fourth-order valence-electron chi connectivity index (χ4n) is 6.30. The van der Waals surface area contributed by atoms with Crippen molar-refractivity contribution in [2.75, 3.05) is 4.90 Å². The molecule has 0 fully saturated rings. The summed E-state index contributed by atoms with van der Waals surface area (Å²) in [5.41, 5.74) is 8.32. The van der Waals surface area contributed by atoms with Crippen LogP contribution in [-0.4, -0.2) is 16.4 Å². The summed E-state index contributed by atoms with van der Waals surface area (Å²) in [6, 6.07) is 47.0. The molecule has 5 nitrogen and oxygen atoms in total. The molecule has 0 N–H and O–H groups in total. The minimum Gasteiger partial charge on any atom is -0.308 e. The molecular weight excluding hydrogens is 542 g/mol. The number of hydrogen-bond acceptors (Lipinski definition) is 3. The number of aromatic nitrogens is 1. The number of amides is 2. The maximum absolute atomic E-state index is 14.2. The summed E-state index contributed by atoms with van der Waals surface area (Å²) >= 11 is 0. The predicted molar refractivity (Wildman–Crippen MR) is 174 cm³/mol. The molecule has 5 heteroatoms. The monoisotopic (exact) mass is 565 g/mol. The van der Waals surface area contributed by atoms with Gasteiger partial charge in [0.25, 0.3) is 11.8 Å². The lowest BCUT2D eigenvalue weighted by Gasteiger charge is -2.15. The van der Waals surface area contributed by atoms with Gasteiger partial charge >= 0.3 is 0 Å². The van der Waals surface area contributed by atoms with E-state index in [0.717, 1.165) is 44.1 Å². The van der Waals surface area contributed by atoms with Crippen LogP contribution in [0.5, 0.6) is 0 Å². The zero-order chi connectivity index (χ0) is 29.8. The van der Waals surface area contributed by atoms with Crippen molar-refractivity contribution in [1.82, 2.24) is 4.57 Å². The second-order valence-electron chi connectivity index (χ2n) is 10.8. The van der Waals surface area contributed by atoms with Crippen LogP contribution in [0.3, 0.4) is 0 Å². The van der Waals surface area contributed by atoms with Gasteiger partial charge in [-0.2, -0.15) is 5.26 Å². The molecular formula is C39H23N3O2. The Balaban J connectivity index is 1.29. The van der Waals surface area contributed by atoms with E-state index in [2.05, 4.69) is 34.9 Å². The molecule has 6 aromatic carbocycles. The number of nitriles is 1. The maximum atomic E-state index is 14.2. The molecule has 7 aromatic rings. The Morgan fingerprint density at radius 3 is 2.00 bits per heavy atom. The Labute approximate surface area is 253 Å². The van der Waals surface area contributed by atoms with Gasteiger partial charge in [0.2, 0.25) is 0 Å². The van der Waals surface area contributed by atoms with Crippen LogP contribution in [0.4, 0.5) is 5.69 Å². The van der Waals surface area contributed by atoms with Gasteiger partial charge in [0.1, 0.15) is 0 Å². The second-order valence-corrected chi connectivity index (χ2v) is 10.8. The molecule has 8 rings (SSSR count). The average molecular weight is 566 g/mol. The Hall–Kier alpha value is -6.25. The standard InChI is InChI=1S/C39H23N3O2/c40-24-25-8-6-11-28(22-25)29-18-21-32-31-12-4-5-14-34(31)42(36(32)23-29)35-15-7-13-33-37(35)39(44)41(38(33)43)30-19-16-27(17-20-30)26-9-2-1-3-10-26/h1-23H. The maximum Gasteiger partial charge on any atom is 0.268 e. The summed E-state index contributed by atoms with van der Waals surface area (Å²) in [5, 5.41) is 11.5. The number of nitrogens with zero attached hydrogens (tertiary/aromatic N) is 3. The minimum absolute atomic E-state index is 0.339. The number of hydrogen-bond donors (Lipinski definition) is 0. The summed E-state index contributed by atoms with van der Waals surface area (Å²) < 4.78 is 2.08. The average Bonchev–Trinajstić information content (AvgIpc) is 3.55. The summed E-state index contributed by atoms with van der Waals surface area (Å²) in [4.78, 5) is 29.2. The lowest BCUT2D eigenvalue weighted by atomic mass is 10.0. The lowest BCUT2D eigenvalue weighted by Crippen LogP contribution is -2.29. The van der Waals surface area contributed by atoms with E-state index in [1.807, 2.05) is 103 Å². The number of para-hydroxylation sites is 1. The van der Waals surface area contributed by atoms with E-state index in [1.165, 1.54) is 4.90 Å². The molecule has 206 valence electrons. The fourth-order valence-corrected chi connectivity index (χ4v) is 6.30. The third kappa shape index (κ3) is 3.86. The minimum atomic E-state index is -0.350. The molecule has 0 aliphatic carbocycles. The van der Waals surface area contributed by atoms with Crippen LogP contribution in [0, 0.1) is 11.3 Å². The van der Waals surface area contributed by atoms with Crippen molar-refractivity contribution in [3.8, 4) is 34.0 Å². The number of imide groups is 1. The molecule has 0 unspecified atom stereocenters. The summed E-state index contributed by atoms with van der Waals surface area (Å²) in [6.07, 6.45) is 0. The van der Waals surface area contributed by atoms with Crippen molar-refractivity contribution in [2.45, 2.75) is 0 Å². The van der Waals surface area contributed by atoms with Gasteiger partial charge in [0.05, 0.1) is 45.2 Å². The number of anilines is 1. The molecule has 0 atom stereocenters. The van der Waals surface area contributed by atoms with E-state index >= 15 is 0 Å². The summed E-state index contributed by atoms with van der Waals surface area (Å²) in [5.74, 6) is -0.689. The number of carbonyl (C=O) groups excluding carboxylic acids is 2. The van der Waals surface area contributed by atoms with Gasteiger partial charge in [0.15, 0.2) is 0 Å². The first kappa shape index (κ1) is 25.5. The van der Waals surface area contributed by atoms with Crippen molar-refractivity contribution >= 4 is 39.3 Å². The Morgan fingerprint density at radius 1 is 0.523 bits per heavy atom. The predicted octanol–water partition coefficient (Wildman–Crippen LogP) is 8.79. The van der Waals surface area contributed by atoms with Crippen LogP contribution >= 0.6 is 0 Å². The molecule has 44 heavy (non-hydrogen) atoms. The highest BCUT2D eigenvalue weighted by Gasteiger charge is 2.39. The highest BCUT2D eigenvalue weighted by atomic mass is 16.2. The van der Waals surface area contributed by atoms with Crippen molar-refractivity contribution in [3.05, 3.63) is 156 Å². The van der Waals surface area contributed by atoms with Gasteiger partial charge < -0.3 is 4.57 Å². The second kappa shape index (κ2) is 9.94. The number of carbonyl (C=O) groups is 2. The molecule has 1 aromatic heterocycles. The summed E-state index contributed by atoms with van der Waals surface area (Å²) in [6.45, 7) is 0. The molecule has 0 spiro atoms. The van der Waals surface area contributed by atoms with Crippen LogP contribution in [0.2, 0.25) is 0 Å². The zero-order valence-corrected chi connectivity index (χ0v) is 23.4. The Bertz CT molecular complexity index is 2330. The fraction of sp³-hybridized carbons (Fsp3) is 0. The van der Waals surface area contributed by atoms with Crippen molar-refractivity contribution in [3.63, 3.8) is 0 Å². The van der Waals surface area contributed by atoms with E-state index in [1.54, 1.807) is 12.1 Å².